The van der Waals surface area contributed by atoms with E-state index in [9.17, 15) is 18.8 Å². The molecule has 128 valence electrons. The molecule has 5 nitrogen and oxygen atoms in total. The smallest absolute Gasteiger partial charge is 0.338 e. The molecule has 0 atom stereocenters. The summed E-state index contributed by atoms with van der Waals surface area (Å²) in [5.74, 6) is -1.76. The van der Waals surface area contributed by atoms with Crippen LogP contribution in [0.5, 0.6) is 0 Å². The summed E-state index contributed by atoms with van der Waals surface area (Å²) >= 11 is 0. The van der Waals surface area contributed by atoms with Gasteiger partial charge in [0.25, 0.3) is 11.8 Å². The number of imide groups is 1. The van der Waals surface area contributed by atoms with Gasteiger partial charge in [-0.05, 0) is 49.7 Å². The fraction of sp³-hybridized carbons (Fsp3) is 0.211. The molecule has 0 spiro atoms. The van der Waals surface area contributed by atoms with Gasteiger partial charge in [0.05, 0.1) is 16.7 Å². The van der Waals surface area contributed by atoms with Gasteiger partial charge in [-0.2, -0.15) is 0 Å². The number of ether oxygens (including phenoxy) is 1. The minimum absolute atomic E-state index is 0.0127. The molecule has 0 saturated heterocycles. The van der Waals surface area contributed by atoms with Crippen molar-refractivity contribution in [2.75, 3.05) is 0 Å². The fourth-order valence-electron chi connectivity index (χ4n) is 2.67. The molecule has 0 aliphatic carbocycles. The second kappa shape index (κ2) is 6.47. The van der Waals surface area contributed by atoms with Gasteiger partial charge in [0.1, 0.15) is 12.4 Å². The highest BCUT2D eigenvalue weighted by Gasteiger charge is 2.37. The van der Waals surface area contributed by atoms with E-state index in [-0.39, 0.29) is 41.1 Å². The summed E-state index contributed by atoms with van der Waals surface area (Å²) in [6.07, 6.45) is 0. The monoisotopic (exact) mass is 341 g/mol. The maximum Gasteiger partial charge on any atom is 0.338 e. The molecule has 0 bridgehead atoms. The number of carbonyl (C=O) groups excluding carboxylic acids is 3. The first-order valence-corrected chi connectivity index (χ1v) is 7.82. The lowest BCUT2D eigenvalue weighted by atomic mass is 10.1. The van der Waals surface area contributed by atoms with E-state index in [1.54, 1.807) is 13.8 Å². The molecule has 3 rings (SSSR count). The van der Waals surface area contributed by atoms with Crippen LogP contribution in [-0.4, -0.2) is 28.7 Å². The van der Waals surface area contributed by atoms with Crippen molar-refractivity contribution in [3.05, 3.63) is 70.5 Å². The third-order valence-corrected chi connectivity index (χ3v) is 3.95. The van der Waals surface area contributed by atoms with Crippen molar-refractivity contribution in [1.29, 1.82) is 0 Å². The van der Waals surface area contributed by atoms with Crippen LogP contribution in [0.4, 0.5) is 4.39 Å². The number of carbonyl (C=O) groups is 3. The molecule has 1 aliphatic heterocycles. The van der Waals surface area contributed by atoms with Crippen molar-refractivity contribution in [2.24, 2.45) is 0 Å². The van der Waals surface area contributed by atoms with Gasteiger partial charge in [-0.25, -0.2) is 9.18 Å². The zero-order valence-electron chi connectivity index (χ0n) is 13.8. The molecule has 2 amide bonds. The number of benzene rings is 2. The number of halogens is 1. The fourth-order valence-corrected chi connectivity index (χ4v) is 2.67. The first-order chi connectivity index (χ1) is 11.9. The summed E-state index contributed by atoms with van der Waals surface area (Å²) in [6.45, 7) is 3.49. The zero-order chi connectivity index (χ0) is 18.1. The SMILES string of the molecule is CC(C)N1C(=O)c2ccc(C(=O)OCc3ccc(F)cc3)cc2C1=O. The predicted octanol–water partition coefficient (Wildman–Crippen LogP) is 3.19. The Bertz CT molecular complexity index is 858. The Labute approximate surface area is 144 Å². The van der Waals surface area contributed by atoms with Crippen LogP contribution in [0.1, 0.15) is 50.5 Å². The quantitative estimate of drug-likeness (QED) is 0.633. The third kappa shape index (κ3) is 3.15. The summed E-state index contributed by atoms with van der Waals surface area (Å²) in [5, 5.41) is 0. The van der Waals surface area contributed by atoms with Crippen LogP contribution in [0.15, 0.2) is 42.5 Å². The number of esters is 1. The summed E-state index contributed by atoms with van der Waals surface area (Å²) in [6, 6.07) is 9.65. The van der Waals surface area contributed by atoms with Crippen LogP contribution in [-0.2, 0) is 11.3 Å². The molecule has 1 heterocycles. The van der Waals surface area contributed by atoms with Crippen LogP contribution < -0.4 is 0 Å². The van der Waals surface area contributed by atoms with Gasteiger partial charge >= 0.3 is 5.97 Å². The van der Waals surface area contributed by atoms with Crippen molar-refractivity contribution in [3.63, 3.8) is 0 Å². The summed E-state index contributed by atoms with van der Waals surface area (Å²) in [5.41, 5.74) is 1.32. The van der Waals surface area contributed by atoms with E-state index in [0.717, 1.165) is 4.90 Å². The number of hydrogen-bond acceptors (Lipinski definition) is 4. The standard InChI is InChI=1S/C19H16FNO4/c1-11(2)21-17(22)15-8-5-13(9-16(15)18(21)23)19(24)25-10-12-3-6-14(20)7-4-12/h3-9,11H,10H2,1-2H3. The first kappa shape index (κ1) is 16.8. The van der Waals surface area contributed by atoms with Crippen molar-refractivity contribution in [1.82, 2.24) is 4.90 Å². The Hall–Kier alpha value is -3.02. The molecule has 2 aromatic rings. The van der Waals surface area contributed by atoms with E-state index in [1.165, 1.54) is 42.5 Å². The number of fused-ring (bicyclic) bond motifs is 1. The van der Waals surface area contributed by atoms with Crippen molar-refractivity contribution in [3.8, 4) is 0 Å². The Morgan fingerprint density at radius 2 is 1.68 bits per heavy atom. The molecule has 0 unspecified atom stereocenters. The molecule has 6 heteroatoms. The molecule has 0 radical (unpaired) electrons. The van der Waals surface area contributed by atoms with Crippen LogP contribution in [0.3, 0.4) is 0 Å². The van der Waals surface area contributed by atoms with Gasteiger partial charge < -0.3 is 4.74 Å². The molecule has 25 heavy (non-hydrogen) atoms. The zero-order valence-corrected chi connectivity index (χ0v) is 13.8. The first-order valence-electron chi connectivity index (χ1n) is 7.82. The largest absolute Gasteiger partial charge is 0.457 e. The number of amides is 2. The molecular weight excluding hydrogens is 325 g/mol. The van der Waals surface area contributed by atoms with Crippen LogP contribution in [0, 0.1) is 5.82 Å². The highest BCUT2D eigenvalue weighted by molar-refractivity contribution is 6.22. The van der Waals surface area contributed by atoms with Crippen molar-refractivity contribution in [2.45, 2.75) is 26.5 Å². The van der Waals surface area contributed by atoms with Crippen LogP contribution in [0.2, 0.25) is 0 Å². The molecule has 0 N–H and O–H groups in total. The number of nitrogens with zero attached hydrogens (tertiary/aromatic N) is 1. The van der Waals surface area contributed by atoms with Gasteiger partial charge in [-0.3, -0.25) is 14.5 Å². The maximum absolute atomic E-state index is 12.9. The second-order valence-electron chi connectivity index (χ2n) is 6.04. The van der Waals surface area contributed by atoms with Crippen LogP contribution in [0.25, 0.3) is 0 Å². The Morgan fingerprint density at radius 1 is 1.04 bits per heavy atom. The molecule has 2 aromatic carbocycles. The Balaban J connectivity index is 1.76. The molecule has 0 aromatic heterocycles. The summed E-state index contributed by atoms with van der Waals surface area (Å²) in [4.78, 5) is 37.9. The lowest BCUT2D eigenvalue weighted by Crippen LogP contribution is -2.35. The minimum atomic E-state index is -0.615. The summed E-state index contributed by atoms with van der Waals surface area (Å²) in [7, 11) is 0. The predicted molar refractivity (Wildman–Crippen MR) is 87.6 cm³/mol. The van der Waals surface area contributed by atoms with Gasteiger partial charge in [-0.15, -0.1) is 0 Å². The molecular formula is C19H16FNO4. The van der Waals surface area contributed by atoms with Gasteiger partial charge in [-0.1, -0.05) is 12.1 Å². The van der Waals surface area contributed by atoms with Gasteiger partial charge in [0.2, 0.25) is 0 Å². The van der Waals surface area contributed by atoms with Crippen LogP contribution >= 0.6 is 0 Å². The van der Waals surface area contributed by atoms with E-state index >= 15 is 0 Å². The number of rotatable bonds is 4. The number of hydrogen-bond donors (Lipinski definition) is 0. The Morgan fingerprint density at radius 3 is 2.32 bits per heavy atom. The second-order valence-corrected chi connectivity index (χ2v) is 6.04. The highest BCUT2D eigenvalue weighted by atomic mass is 19.1. The molecule has 0 saturated carbocycles. The van der Waals surface area contributed by atoms with E-state index < -0.39 is 11.9 Å². The van der Waals surface area contributed by atoms with E-state index in [0.29, 0.717) is 5.56 Å². The van der Waals surface area contributed by atoms with Gasteiger partial charge in [0.15, 0.2) is 0 Å². The average molecular weight is 341 g/mol. The maximum atomic E-state index is 12.9. The lowest BCUT2D eigenvalue weighted by Gasteiger charge is -2.17. The average Bonchev–Trinajstić information content (AvgIpc) is 2.84. The van der Waals surface area contributed by atoms with Gasteiger partial charge in [0, 0.05) is 6.04 Å². The lowest BCUT2D eigenvalue weighted by molar-refractivity contribution is 0.0472. The molecule has 0 fully saturated rings. The van der Waals surface area contributed by atoms with E-state index in [2.05, 4.69) is 0 Å². The van der Waals surface area contributed by atoms with E-state index in [4.69, 9.17) is 4.74 Å². The Kier molecular flexibility index (Phi) is 4.35. The highest BCUT2D eigenvalue weighted by Crippen LogP contribution is 2.26. The topological polar surface area (TPSA) is 63.7 Å². The molecule has 1 aliphatic rings. The van der Waals surface area contributed by atoms with Crippen molar-refractivity contribution < 1.29 is 23.5 Å². The third-order valence-electron chi connectivity index (χ3n) is 3.95. The van der Waals surface area contributed by atoms with Crippen molar-refractivity contribution >= 4 is 17.8 Å². The summed E-state index contributed by atoms with van der Waals surface area (Å²) < 4.78 is 18.0. The van der Waals surface area contributed by atoms with E-state index in [1.807, 2.05) is 0 Å². The normalized spacial score (nSPS) is 13.4. The minimum Gasteiger partial charge on any atom is -0.457 e.